The summed E-state index contributed by atoms with van der Waals surface area (Å²) < 4.78 is 15.0. The van der Waals surface area contributed by atoms with Crippen molar-refractivity contribution in [2.75, 3.05) is 0 Å². The van der Waals surface area contributed by atoms with Gasteiger partial charge >= 0.3 is 35.5 Å². The minimum absolute atomic E-state index is 0. The van der Waals surface area contributed by atoms with Crippen LogP contribution in [0.1, 0.15) is 12.5 Å². The summed E-state index contributed by atoms with van der Waals surface area (Å²) in [4.78, 5) is 10.5. The fourth-order valence-electron chi connectivity index (χ4n) is 0.888. The van der Waals surface area contributed by atoms with Gasteiger partial charge in [0.2, 0.25) is 0 Å². The Morgan fingerprint density at radius 3 is 2.43 bits per heavy atom. The van der Waals surface area contributed by atoms with Gasteiger partial charge < -0.3 is 9.29 Å². The maximum absolute atomic E-state index is 10.5. The smallest absolute Gasteiger partial charge is 0.799 e. The number of esters is 1. The molecule has 0 spiro atoms. The number of hydrogen-bond donors (Lipinski definition) is 0. The first kappa shape index (κ1) is 14.0. The van der Waals surface area contributed by atoms with Crippen LogP contribution in [0.2, 0.25) is 0 Å². The molecule has 0 radical (unpaired) electrons. The summed E-state index contributed by atoms with van der Waals surface area (Å²) in [5.74, 6) is 0.596. The number of rotatable bonds is 3. The van der Waals surface area contributed by atoms with E-state index in [0.717, 1.165) is 5.56 Å². The van der Waals surface area contributed by atoms with Crippen LogP contribution in [0.15, 0.2) is 24.3 Å². The van der Waals surface area contributed by atoms with Crippen molar-refractivity contribution in [1.29, 1.82) is 0 Å². The van der Waals surface area contributed by atoms with Gasteiger partial charge in [0.05, 0.1) is 0 Å². The molecule has 0 saturated carbocycles. The van der Waals surface area contributed by atoms with E-state index in [-0.39, 0.29) is 35.5 Å². The van der Waals surface area contributed by atoms with Crippen molar-refractivity contribution in [3.8, 4) is 5.75 Å². The van der Waals surface area contributed by atoms with E-state index in [9.17, 15) is 9.35 Å². The number of ether oxygens (including phenoxy) is 1. The van der Waals surface area contributed by atoms with Crippen LogP contribution in [0.25, 0.3) is 0 Å². The molecule has 0 saturated heterocycles. The zero-order chi connectivity index (χ0) is 9.68. The van der Waals surface area contributed by atoms with Gasteiger partial charge in [0, 0.05) is 12.7 Å². The fraction of sp³-hybridized carbons (Fsp3) is 0.222. The average Bonchev–Trinajstić information content (AvgIpc) is 2.08. The summed E-state index contributed by atoms with van der Waals surface area (Å²) in [5.41, 5.74) is 0.927. The number of carbonyl (C=O) groups is 1. The number of benzene rings is 1. The van der Waals surface area contributed by atoms with E-state index in [4.69, 9.17) is 4.74 Å². The van der Waals surface area contributed by atoms with Crippen molar-refractivity contribution in [1.82, 2.24) is 0 Å². The van der Waals surface area contributed by atoms with Crippen LogP contribution >= 0.6 is 12.0 Å². The van der Waals surface area contributed by atoms with Gasteiger partial charge in [0.25, 0.3) is 0 Å². The van der Waals surface area contributed by atoms with Crippen molar-refractivity contribution >= 4 is 18.0 Å². The van der Waals surface area contributed by atoms with Crippen LogP contribution in [0.5, 0.6) is 5.75 Å². The molecule has 1 aromatic carbocycles. The summed E-state index contributed by atoms with van der Waals surface area (Å²) in [6.07, 6.45) is 0. The van der Waals surface area contributed by atoms with Crippen LogP contribution in [-0.4, -0.2) is 10.5 Å². The Hall–Kier alpha value is 0. The molecule has 5 heteroatoms. The van der Waals surface area contributed by atoms with E-state index in [1.54, 1.807) is 24.3 Å². The quantitative estimate of drug-likeness (QED) is 0.283. The van der Waals surface area contributed by atoms with Crippen molar-refractivity contribution in [2.24, 2.45) is 0 Å². The third kappa shape index (κ3) is 5.02. The maximum Gasteiger partial charge on any atom is 1.00 e. The monoisotopic (exact) mass is 220 g/mol. The zero-order valence-corrected chi connectivity index (χ0v) is 11.0. The van der Waals surface area contributed by atoms with Gasteiger partial charge in [-0.15, -0.1) is 0 Å². The molecular formula is C9H9NaO3S. The molecule has 0 heterocycles. The Kier molecular flexibility index (Phi) is 7.31. The Labute approximate surface area is 109 Å². The Morgan fingerprint density at radius 2 is 2.00 bits per heavy atom. The summed E-state index contributed by atoms with van der Waals surface area (Å²) in [6, 6.07) is 6.88. The number of hydrogen-bond acceptors (Lipinski definition) is 4. The molecule has 0 aliphatic heterocycles. The molecule has 70 valence electrons. The minimum atomic E-state index is -0.342. The first-order valence-electron chi connectivity index (χ1n) is 3.74. The van der Waals surface area contributed by atoms with Gasteiger partial charge in [-0.25, -0.2) is 0 Å². The van der Waals surface area contributed by atoms with E-state index < -0.39 is 0 Å². The molecule has 0 N–H and O–H groups in total. The van der Waals surface area contributed by atoms with Crippen LogP contribution in [-0.2, 0) is 10.5 Å². The average molecular weight is 220 g/mol. The predicted molar refractivity (Wildman–Crippen MR) is 49.8 cm³/mol. The molecule has 1 aromatic rings. The second kappa shape index (κ2) is 7.31. The third-order valence-corrected chi connectivity index (χ3v) is 1.86. The molecule has 0 aromatic heterocycles. The molecule has 0 fully saturated rings. The molecule has 0 bridgehead atoms. The van der Waals surface area contributed by atoms with Crippen molar-refractivity contribution < 1.29 is 43.6 Å². The molecule has 0 atom stereocenters. The predicted octanol–water partition coefficient (Wildman–Crippen LogP) is -1.02. The zero-order valence-electron chi connectivity index (χ0n) is 8.15. The minimum Gasteiger partial charge on any atom is -0.799 e. The van der Waals surface area contributed by atoms with Crippen LogP contribution in [0.4, 0.5) is 0 Å². The summed E-state index contributed by atoms with van der Waals surface area (Å²) >= 11 is 0.517. The normalized spacial score (nSPS) is 9.00. The third-order valence-electron chi connectivity index (χ3n) is 1.41. The van der Waals surface area contributed by atoms with Crippen molar-refractivity contribution in [3.63, 3.8) is 0 Å². The SMILES string of the molecule is CC(=O)Oc1ccc(CS[O-])cc1.[Na+]. The van der Waals surface area contributed by atoms with Gasteiger partial charge in [0.1, 0.15) is 5.75 Å². The second-order valence-electron chi connectivity index (χ2n) is 2.50. The second-order valence-corrected chi connectivity index (χ2v) is 3.02. The van der Waals surface area contributed by atoms with Gasteiger partial charge in [-0.1, -0.05) is 12.1 Å². The Bertz CT molecular complexity index is 287. The van der Waals surface area contributed by atoms with Crippen LogP contribution in [0.3, 0.4) is 0 Å². The van der Waals surface area contributed by atoms with E-state index in [1.807, 2.05) is 0 Å². The van der Waals surface area contributed by atoms with Gasteiger partial charge in [-0.05, 0) is 17.7 Å². The molecular weight excluding hydrogens is 211 g/mol. The summed E-state index contributed by atoms with van der Waals surface area (Å²) in [7, 11) is 0. The first-order chi connectivity index (χ1) is 6.22. The number of carbonyl (C=O) groups excluding carboxylic acids is 1. The van der Waals surface area contributed by atoms with Crippen LogP contribution in [0, 0.1) is 0 Å². The first-order valence-corrected chi connectivity index (χ1v) is 4.65. The van der Waals surface area contributed by atoms with Crippen LogP contribution < -0.4 is 34.3 Å². The standard InChI is InChI=1S/C9H10O3S.Na/c1-7(10)12-9-4-2-8(3-5-9)6-13-11;/h2-5,11H,6H2,1H3;/q;+1/p-1. The maximum atomic E-state index is 10.5. The topological polar surface area (TPSA) is 49.4 Å². The fourth-order valence-corrected chi connectivity index (χ4v) is 1.22. The van der Waals surface area contributed by atoms with E-state index in [2.05, 4.69) is 0 Å². The molecule has 3 nitrogen and oxygen atoms in total. The molecule has 0 unspecified atom stereocenters. The molecule has 1 rings (SSSR count). The van der Waals surface area contributed by atoms with Gasteiger partial charge in [0.15, 0.2) is 0 Å². The van der Waals surface area contributed by atoms with Gasteiger partial charge in [-0.3, -0.25) is 16.8 Å². The van der Waals surface area contributed by atoms with Crippen molar-refractivity contribution in [2.45, 2.75) is 12.7 Å². The van der Waals surface area contributed by atoms with E-state index in [1.165, 1.54) is 6.92 Å². The molecule has 0 aliphatic rings. The molecule has 0 amide bonds. The summed E-state index contributed by atoms with van der Waals surface area (Å²) in [6.45, 7) is 1.35. The van der Waals surface area contributed by atoms with E-state index >= 15 is 0 Å². The molecule has 0 aliphatic carbocycles. The molecule has 14 heavy (non-hydrogen) atoms. The van der Waals surface area contributed by atoms with E-state index in [0.29, 0.717) is 23.5 Å². The van der Waals surface area contributed by atoms with Crippen molar-refractivity contribution in [3.05, 3.63) is 29.8 Å². The Morgan fingerprint density at radius 1 is 1.43 bits per heavy atom. The Balaban J connectivity index is 0.00000169. The van der Waals surface area contributed by atoms with Gasteiger partial charge in [-0.2, -0.15) is 0 Å². The largest absolute Gasteiger partial charge is 1.00 e. The summed E-state index contributed by atoms with van der Waals surface area (Å²) in [5, 5.41) is 0.